The van der Waals surface area contributed by atoms with Crippen molar-refractivity contribution in [2.24, 2.45) is 0 Å². The third kappa shape index (κ3) is 10.2. The van der Waals surface area contributed by atoms with Gasteiger partial charge in [0.15, 0.2) is 0 Å². The van der Waals surface area contributed by atoms with E-state index in [0.717, 1.165) is 40.8 Å². The SMILES string of the molecule is CCCCN(CCCC)CCCNCc1ccc(-c2ccc(C)c(Cl)c2)o1.Cl.Cl. The Morgan fingerprint density at radius 3 is 2.21 bits per heavy atom. The molecule has 0 unspecified atom stereocenters. The fourth-order valence-electron chi connectivity index (χ4n) is 3.11. The first-order chi connectivity index (χ1) is 13.1. The van der Waals surface area contributed by atoms with E-state index in [1.54, 1.807) is 0 Å². The molecule has 3 nitrogen and oxygen atoms in total. The molecule has 2 aromatic rings. The quantitative estimate of drug-likeness (QED) is 0.320. The predicted molar refractivity (Wildman–Crippen MR) is 131 cm³/mol. The molecule has 1 heterocycles. The third-order valence-electron chi connectivity index (χ3n) is 4.90. The van der Waals surface area contributed by atoms with Crippen LogP contribution in [-0.2, 0) is 6.54 Å². The second-order valence-corrected chi connectivity index (χ2v) is 7.72. The van der Waals surface area contributed by atoms with Crippen molar-refractivity contribution in [1.29, 1.82) is 0 Å². The van der Waals surface area contributed by atoms with Gasteiger partial charge in [-0.1, -0.05) is 50.4 Å². The normalized spacial score (nSPS) is 10.7. The number of unbranched alkanes of at least 4 members (excludes halogenated alkanes) is 2. The van der Waals surface area contributed by atoms with Gasteiger partial charge in [0.05, 0.1) is 6.54 Å². The fourth-order valence-corrected chi connectivity index (χ4v) is 3.29. The summed E-state index contributed by atoms with van der Waals surface area (Å²) in [6.45, 7) is 12.0. The van der Waals surface area contributed by atoms with Crippen LogP contribution in [0.1, 0.15) is 57.3 Å². The van der Waals surface area contributed by atoms with Crippen molar-refractivity contribution in [3.8, 4) is 11.3 Å². The van der Waals surface area contributed by atoms with Crippen LogP contribution in [0.3, 0.4) is 0 Å². The molecule has 0 aliphatic heterocycles. The average molecular weight is 464 g/mol. The van der Waals surface area contributed by atoms with Crippen LogP contribution in [0.15, 0.2) is 34.7 Å². The summed E-state index contributed by atoms with van der Waals surface area (Å²) in [5, 5.41) is 4.29. The van der Waals surface area contributed by atoms with Crippen molar-refractivity contribution in [3.05, 3.63) is 46.7 Å². The van der Waals surface area contributed by atoms with Gasteiger partial charge in [-0.15, -0.1) is 24.8 Å². The maximum atomic E-state index is 6.22. The highest BCUT2D eigenvalue weighted by atomic mass is 35.5. The molecule has 166 valence electrons. The van der Waals surface area contributed by atoms with Gasteiger partial charge in [0.2, 0.25) is 0 Å². The molecule has 0 fully saturated rings. The van der Waals surface area contributed by atoms with E-state index in [9.17, 15) is 0 Å². The Morgan fingerprint density at radius 1 is 0.931 bits per heavy atom. The van der Waals surface area contributed by atoms with Crippen LogP contribution in [0.25, 0.3) is 11.3 Å². The number of benzene rings is 1. The Balaban J connectivity index is 0.00000392. The zero-order chi connectivity index (χ0) is 19.5. The van der Waals surface area contributed by atoms with Gasteiger partial charge in [-0.2, -0.15) is 0 Å². The molecule has 0 amide bonds. The molecular formula is C23H37Cl3N2O. The van der Waals surface area contributed by atoms with Gasteiger partial charge < -0.3 is 14.6 Å². The summed E-state index contributed by atoms with van der Waals surface area (Å²) in [6, 6.07) is 10.1. The molecule has 0 aliphatic rings. The Morgan fingerprint density at radius 2 is 1.59 bits per heavy atom. The Labute approximate surface area is 194 Å². The molecule has 1 N–H and O–H groups in total. The molecule has 0 saturated carbocycles. The van der Waals surface area contributed by atoms with E-state index in [-0.39, 0.29) is 24.8 Å². The van der Waals surface area contributed by atoms with Crippen molar-refractivity contribution in [3.63, 3.8) is 0 Å². The lowest BCUT2D eigenvalue weighted by molar-refractivity contribution is 0.260. The number of nitrogens with zero attached hydrogens (tertiary/aromatic N) is 1. The molecule has 0 bridgehead atoms. The number of rotatable bonds is 13. The molecule has 0 saturated heterocycles. The molecule has 1 aromatic carbocycles. The number of furan rings is 1. The average Bonchev–Trinajstić information content (AvgIpc) is 3.14. The molecule has 0 spiro atoms. The zero-order valence-electron chi connectivity index (χ0n) is 18.0. The minimum Gasteiger partial charge on any atom is -0.460 e. The van der Waals surface area contributed by atoms with E-state index >= 15 is 0 Å². The van der Waals surface area contributed by atoms with Gasteiger partial charge in [0, 0.05) is 10.6 Å². The zero-order valence-corrected chi connectivity index (χ0v) is 20.4. The second kappa shape index (κ2) is 16.0. The van der Waals surface area contributed by atoms with Crippen LogP contribution in [-0.4, -0.2) is 31.1 Å². The molecule has 0 atom stereocenters. The fraction of sp³-hybridized carbons (Fsp3) is 0.565. The number of aryl methyl sites for hydroxylation is 1. The highest BCUT2D eigenvalue weighted by molar-refractivity contribution is 6.31. The summed E-state index contributed by atoms with van der Waals surface area (Å²) in [4.78, 5) is 2.61. The van der Waals surface area contributed by atoms with E-state index < -0.39 is 0 Å². The van der Waals surface area contributed by atoms with Gasteiger partial charge in [-0.3, -0.25) is 0 Å². The monoisotopic (exact) mass is 462 g/mol. The standard InChI is InChI=1S/C23H35ClN2O.2ClH/c1-4-6-14-26(15-7-5-2)16-8-13-25-18-21-11-12-23(27-21)20-10-9-19(3)22(24)17-20;;/h9-12,17,25H,4-8,13-16,18H2,1-3H3;2*1H. The van der Waals surface area contributed by atoms with Crippen molar-refractivity contribution in [2.75, 3.05) is 26.2 Å². The van der Waals surface area contributed by atoms with Crippen LogP contribution in [0.2, 0.25) is 5.02 Å². The van der Waals surface area contributed by atoms with Gasteiger partial charge in [0.1, 0.15) is 11.5 Å². The van der Waals surface area contributed by atoms with Gasteiger partial charge in [-0.05, 0) is 76.1 Å². The molecule has 0 radical (unpaired) electrons. The summed E-state index contributed by atoms with van der Waals surface area (Å²) < 4.78 is 5.97. The lowest BCUT2D eigenvalue weighted by Gasteiger charge is -2.21. The third-order valence-corrected chi connectivity index (χ3v) is 5.31. The van der Waals surface area contributed by atoms with Crippen LogP contribution in [0, 0.1) is 6.92 Å². The summed E-state index contributed by atoms with van der Waals surface area (Å²) >= 11 is 6.22. The maximum Gasteiger partial charge on any atom is 0.134 e. The topological polar surface area (TPSA) is 28.4 Å². The predicted octanol–water partition coefficient (Wildman–Crippen LogP) is 7.13. The Hall–Kier alpha value is -0.710. The largest absolute Gasteiger partial charge is 0.460 e. The molecule has 0 aliphatic carbocycles. The Kier molecular flexibility index (Phi) is 15.6. The second-order valence-electron chi connectivity index (χ2n) is 7.31. The van der Waals surface area contributed by atoms with Crippen molar-refractivity contribution < 1.29 is 4.42 Å². The number of hydrogen-bond donors (Lipinski definition) is 1. The first-order valence-corrected chi connectivity index (χ1v) is 10.8. The van der Waals surface area contributed by atoms with Gasteiger partial charge >= 0.3 is 0 Å². The molecule has 1 aromatic heterocycles. The van der Waals surface area contributed by atoms with E-state index in [2.05, 4.69) is 30.1 Å². The van der Waals surface area contributed by atoms with E-state index in [4.69, 9.17) is 16.0 Å². The van der Waals surface area contributed by atoms with Crippen molar-refractivity contribution in [2.45, 2.75) is 59.4 Å². The molecule has 2 rings (SSSR count). The number of halogens is 3. The van der Waals surface area contributed by atoms with Crippen LogP contribution in [0.4, 0.5) is 0 Å². The lowest BCUT2D eigenvalue weighted by Crippen LogP contribution is -2.29. The summed E-state index contributed by atoms with van der Waals surface area (Å²) in [6.07, 6.45) is 6.32. The van der Waals surface area contributed by atoms with E-state index in [1.165, 1.54) is 51.7 Å². The first kappa shape index (κ1) is 28.3. The summed E-state index contributed by atoms with van der Waals surface area (Å²) in [5.74, 6) is 1.84. The smallest absolute Gasteiger partial charge is 0.134 e. The minimum atomic E-state index is 0. The lowest BCUT2D eigenvalue weighted by atomic mass is 10.1. The first-order valence-electron chi connectivity index (χ1n) is 10.4. The van der Waals surface area contributed by atoms with Crippen molar-refractivity contribution >= 4 is 36.4 Å². The Bertz CT molecular complexity index is 668. The van der Waals surface area contributed by atoms with E-state index in [1.807, 2.05) is 31.2 Å². The molecular weight excluding hydrogens is 427 g/mol. The van der Waals surface area contributed by atoms with Crippen LogP contribution in [0.5, 0.6) is 0 Å². The highest BCUT2D eigenvalue weighted by Crippen LogP contribution is 2.26. The minimum absolute atomic E-state index is 0. The summed E-state index contributed by atoms with van der Waals surface area (Å²) in [5.41, 5.74) is 2.11. The summed E-state index contributed by atoms with van der Waals surface area (Å²) in [7, 11) is 0. The van der Waals surface area contributed by atoms with Gasteiger partial charge in [-0.25, -0.2) is 0 Å². The molecule has 6 heteroatoms. The number of nitrogens with one attached hydrogen (secondary N) is 1. The van der Waals surface area contributed by atoms with Crippen LogP contribution < -0.4 is 5.32 Å². The van der Waals surface area contributed by atoms with E-state index in [0.29, 0.717) is 0 Å². The number of hydrogen-bond acceptors (Lipinski definition) is 3. The maximum absolute atomic E-state index is 6.22. The molecule has 29 heavy (non-hydrogen) atoms. The van der Waals surface area contributed by atoms with Crippen molar-refractivity contribution in [1.82, 2.24) is 10.2 Å². The van der Waals surface area contributed by atoms with Gasteiger partial charge in [0.25, 0.3) is 0 Å². The van der Waals surface area contributed by atoms with Crippen LogP contribution >= 0.6 is 36.4 Å². The highest BCUT2D eigenvalue weighted by Gasteiger charge is 2.07.